The number of carbonyl (C=O) groups is 1. The standard InChI is InChI=1S/C42H78O14/c1-3-5-7-9-11-13-14-15-16-17-18-19-21-23-25-34(44)54-31(28-51-26-24-22-20-12-10-8-6-4-2)29-52-41-40(50)38(48)36(46)33(56-41)30-53-42-39(49)37(47)35(45)32(27-43)55-42/h14-15,31-33,35-43,45-50H,3-13,16-30H2,1-2H3/b15-14-. The van der Waals surface area contributed by atoms with Crippen LogP contribution in [-0.4, -0.2) is 142 Å². The van der Waals surface area contributed by atoms with Gasteiger partial charge in [-0.25, -0.2) is 0 Å². The van der Waals surface area contributed by atoms with E-state index in [1.54, 1.807) is 0 Å². The fraction of sp³-hybridized carbons (Fsp3) is 0.929. The highest BCUT2D eigenvalue weighted by molar-refractivity contribution is 5.69. The molecule has 14 nitrogen and oxygen atoms in total. The van der Waals surface area contributed by atoms with E-state index in [2.05, 4.69) is 26.0 Å². The highest BCUT2D eigenvalue weighted by Gasteiger charge is 2.47. The molecule has 0 aromatic rings. The van der Waals surface area contributed by atoms with Crippen molar-refractivity contribution in [1.29, 1.82) is 0 Å². The van der Waals surface area contributed by atoms with Crippen molar-refractivity contribution in [1.82, 2.24) is 0 Å². The van der Waals surface area contributed by atoms with Crippen molar-refractivity contribution in [2.45, 2.75) is 216 Å². The summed E-state index contributed by atoms with van der Waals surface area (Å²) < 4.78 is 34.0. The predicted molar refractivity (Wildman–Crippen MR) is 210 cm³/mol. The molecule has 0 aliphatic carbocycles. The average molecular weight is 807 g/mol. The van der Waals surface area contributed by atoms with Gasteiger partial charge in [-0.3, -0.25) is 4.79 Å². The number of rotatable bonds is 33. The van der Waals surface area contributed by atoms with Gasteiger partial charge in [-0.2, -0.15) is 0 Å². The normalized spacial score (nSPS) is 28.9. The molecular weight excluding hydrogens is 728 g/mol. The van der Waals surface area contributed by atoms with Crippen LogP contribution in [0.2, 0.25) is 0 Å². The molecule has 2 saturated heterocycles. The molecule has 0 spiro atoms. The summed E-state index contributed by atoms with van der Waals surface area (Å²) in [5.41, 5.74) is 0. The van der Waals surface area contributed by atoms with E-state index in [0.29, 0.717) is 13.0 Å². The lowest BCUT2D eigenvalue weighted by atomic mass is 9.98. The third-order valence-corrected chi connectivity index (χ3v) is 10.5. The zero-order valence-corrected chi connectivity index (χ0v) is 34.4. The topological polar surface area (TPSA) is 214 Å². The number of allylic oxidation sites excluding steroid dienone is 2. The van der Waals surface area contributed by atoms with E-state index in [1.807, 2.05) is 0 Å². The van der Waals surface area contributed by atoms with Crippen LogP contribution in [0, 0.1) is 0 Å². The lowest BCUT2D eigenvalue weighted by Gasteiger charge is -2.42. The Morgan fingerprint density at radius 2 is 1.05 bits per heavy atom. The SMILES string of the molecule is CCCCCCC/C=C\CCCCCCCC(=O)OC(COCCCCCCCCCC)COC1OC(COC2OC(CO)C(O)C(O)C2O)C(O)C(O)C1O. The molecule has 11 atom stereocenters. The third-order valence-electron chi connectivity index (χ3n) is 10.5. The van der Waals surface area contributed by atoms with Gasteiger partial charge in [0.15, 0.2) is 12.6 Å². The summed E-state index contributed by atoms with van der Waals surface area (Å²) in [4.78, 5) is 12.9. The van der Waals surface area contributed by atoms with E-state index in [4.69, 9.17) is 28.4 Å². The molecule has 7 N–H and O–H groups in total. The second kappa shape index (κ2) is 31.6. The van der Waals surface area contributed by atoms with Crippen molar-refractivity contribution in [3.8, 4) is 0 Å². The molecule has 0 amide bonds. The Morgan fingerprint density at radius 1 is 0.571 bits per heavy atom. The molecule has 2 aliphatic rings. The molecule has 0 bridgehead atoms. The average Bonchev–Trinajstić information content (AvgIpc) is 3.19. The fourth-order valence-electron chi connectivity index (χ4n) is 6.87. The van der Waals surface area contributed by atoms with Gasteiger partial charge in [-0.05, 0) is 38.5 Å². The van der Waals surface area contributed by atoms with Gasteiger partial charge in [0.1, 0.15) is 54.9 Å². The summed E-state index contributed by atoms with van der Waals surface area (Å²) >= 11 is 0. The second-order valence-corrected chi connectivity index (χ2v) is 15.5. The maximum Gasteiger partial charge on any atom is 0.306 e. The Labute approximate surface area is 335 Å². The van der Waals surface area contributed by atoms with E-state index in [1.165, 1.54) is 64.2 Å². The zero-order valence-electron chi connectivity index (χ0n) is 34.4. The van der Waals surface area contributed by atoms with Gasteiger partial charge in [0.05, 0.1) is 26.4 Å². The van der Waals surface area contributed by atoms with Crippen LogP contribution in [0.4, 0.5) is 0 Å². The van der Waals surface area contributed by atoms with E-state index in [9.17, 15) is 40.5 Å². The maximum absolute atomic E-state index is 12.9. The molecule has 2 fully saturated rings. The largest absolute Gasteiger partial charge is 0.457 e. The summed E-state index contributed by atoms with van der Waals surface area (Å²) in [5.74, 6) is -0.387. The predicted octanol–water partition coefficient (Wildman–Crippen LogP) is 4.34. The van der Waals surface area contributed by atoms with Crippen LogP contribution in [0.25, 0.3) is 0 Å². The van der Waals surface area contributed by atoms with Gasteiger partial charge in [0.25, 0.3) is 0 Å². The molecule has 14 heteroatoms. The first kappa shape index (κ1) is 50.9. The molecule has 0 aromatic carbocycles. The molecule has 56 heavy (non-hydrogen) atoms. The molecule has 2 heterocycles. The molecule has 0 saturated carbocycles. The number of carbonyl (C=O) groups excluding carboxylic acids is 1. The van der Waals surface area contributed by atoms with Gasteiger partial charge >= 0.3 is 5.97 Å². The van der Waals surface area contributed by atoms with Crippen LogP contribution in [0.3, 0.4) is 0 Å². The van der Waals surface area contributed by atoms with Crippen LogP contribution in [0.5, 0.6) is 0 Å². The van der Waals surface area contributed by atoms with Crippen molar-refractivity contribution < 1.29 is 69.0 Å². The van der Waals surface area contributed by atoms with Crippen LogP contribution in [-0.2, 0) is 33.2 Å². The molecule has 2 aliphatic heterocycles. The Hall–Kier alpha value is -1.27. The minimum absolute atomic E-state index is 0.0616. The van der Waals surface area contributed by atoms with Crippen LogP contribution in [0.1, 0.15) is 149 Å². The molecule has 11 unspecified atom stereocenters. The van der Waals surface area contributed by atoms with Gasteiger partial charge in [-0.15, -0.1) is 0 Å². The first-order valence-corrected chi connectivity index (χ1v) is 21.8. The molecular formula is C42H78O14. The summed E-state index contributed by atoms with van der Waals surface area (Å²) in [6.07, 6.45) is 11.5. The first-order valence-electron chi connectivity index (χ1n) is 21.8. The molecule has 330 valence electrons. The number of ether oxygens (including phenoxy) is 6. The number of esters is 1. The van der Waals surface area contributed by atoms with E-state index in [-0.39, 0.29) is 25.6 Å². The zero-order chi connectivity index (χ0) is 41.0. The quantitative estimate of drug-likeness (QED) is 0.0279. The van der Waals surface area contributed by atoms with Gasteiger partial charge < -0.3 is 64.2 Å². The number of aliphatic hydroxyl groups is 7. The Balaban J connectivity index is 1.82. The Morgan fingerprint density at radius 3 is 1.62 bits per heavy atom. The summed E-state index contributed by atoms with van der Waals surface area (Å²) in [6, 6.07) is 0. The summed E-state index contributed by atoms with van der Waals surface area (Å²) in [5, 5.41) is 71.7. The van der Waals surface area contributed by atoms with Gasteiger partial charge in [0, 0.05) is 13.0 Å². The minimum Gasteiger partial charge on any atom is -0.457 e. The molecule has 0 aromatic heterocycles. The lowest BCUT2D eigenvalue weighted by Crippen LogP contribution is -2.61. The number of aliphatic hydroxyl groups excluding tert-OH is 7. The third kappa shape index (κ3) is 20.6. The monoisotopic (exact) mass is 807 g/mol. The fourth-order valence-corrected chi connectivity index (χ4v) is 6.87. The summed E-state index contributed by atoms with van der Waals surface area (Å²) in [7, 11) is 0. The lowest BCUT2D eigenvalue weighted by molar-refractivity contribution is -0.332. The first-order chi connectivity index (χ1) is 27.1. The van der Waals surface area contributed by atoms with Gasteiger partial charge in [-0.1, -0.05) is 116 Å². The van der Waals surface area contributed by atoms with Crippen molar-refractivity contribution in [2.75, 3.05) is 33.0 Å². The Bertz CT molecular complexity index is 985. The van der Waals surface area contributed by atoms with E-state index < -0.39 is 80.7 Å². The smallest absolute Gasteiger partial charge is 0.306 e. The Kier molecular flexibility index (Phi) is 28.7. The van der Waals surface area contributed by atoms with Crippen LogP contribution in [0.15, 0.2) is 12.2 Å². The van der Waals surface area contributed by atoms with E-state index in [0.717, 1.165) is 57.8 Å². The van der Waals surface area contributed by atoms with Crippen molar-refractivity contribution in [2.24, 2.45) is 0 Å². The van der Waals surface area contributed by atoms with Crippen LogP contribution >= 0.6 is 0 Å². The number of hydrogen-bond acceptors (Lipinski definition) is 14. The molecule has 2 rings (SSSR count). The van der Waals surface area contributed by atoms with Gasteiger partial charge in [0.2, 0.25) is 0 Å². The maximum atomic E-state index is 12.9. The second-order valence-electron chi connectivity index (χ2n) is 15.5. The van der Waals surface area contributed by atoms with Crippen molar-refractivity contribution in [3.63, 3.8) is 0 Å². The minimum atomic E-state index is -1.70. The van der Waals surface area contributed by atoms with Crippen LogP contribution < -0.4 is 0 Å². The van der Waals surface area contributed by atoms with Crippen molar-refractivity contribution >= 4 is 5.97 Å². The highest BCUT2D eigenvalue weighted by Crippen LogP contribution is 2.26. The highest BCUT2D eigenvalue weighted by atomic mass is 16.7. The van der Waals surface area contributed by atoms with Crippen molar-refractivity contribution in [3.05, 3.63) is 12.2 Å². The molecule has 0 radical (unpaired) electrons. The number of unbranched alkanes of at least 4 members (excludes halogenated alkanes) is 17. The summed E-state index contributed by atoms with van der Waals surface area (Å²) in [6.45, 7) is 3.63. The van der Waals surface area contributed by atoms with E-state index >= 15 is 0 Å². The number of hydrogen-bond donors (Lipinski definition) is 7.